The first kappa shape index (κ1) is 20.7. The van der Waals surface area contributed by atoms with Gasteiger partial charge in [0.2, 0.25) is 0 Å². The topological polar surface area (TPSA) is 59.9 Å². The molecule has 0 amide bonds. The Kier molecular flexibility index (Phi) is 7.18. The van der Waals surface area contributed by atoms with Gasteiger partial charge < -0.3 is 4.74 Å². The third kappa shape index (κ3) is 5.68. The molecule has 0 radical (unpaired) electrons. The first-order valence-corrected chi connectivity index (χ1v) is 8.54. The third-order valence-electron chi connectivity index (χ3n) is 3.81. The average Bonchev–Trinajstić information content (AvgIpc) is 2.82. The lowest BCUT2D eigenvalue weighted by Crippen LogP contribution is -2.30. The molecule has 0 aliphatic carbocycles. The van der Waals surface area contributed by atoms with E-state index in [1.807, 2.05) is 18.2 Å². The number of ether oxygens (including phenoxy) is 1. The maximum absolute atomic E-state index is 13.4. The predicted molar refractivity (Wildman–Crippen MR) is 94.5 cm³/mol. The molecule has 0 atom stereocenters. The Labute approximate surface area is 155 Å². The smallest absolute Gasteiger partial charge is 0.433 e. The second-order valence-electron chi connectivity index (χ2n) is 5.68. The highest BCUT2D eigenvalue weighted by Gasteiger charge is 2.38. The number of nitrogens with one attached hydrogen (secondary N) is 1. The number of hydrogen-bond acceptors (Lipinski definition) is 5. The number of hydrogen-bond donors (Lipinski definition) is 1. The van der Waals surface area contributed by atoms with Crippen LogP contribution in [0.1, 0.15) is 32.3 Å². The monoisotopic (exact) mass is 382 g/mol. The maximum atomic E-state index is 13.4. The second kappa shape index (κ2) is 9.36. The number of carbonyl (C=O) groups excluding carboxylic acids is 1. The SMILES string of the molecule is CCOC(=O)C1=CCC(CC)=C(C(F)(F)F)N=C1NOCc1ccccc1. The van der Waals surface area contributed by atoms with Gasteiger partial charge in [-0.25, -0.2) is 15.3 Å². The molecule has 0 saturated carbocycles. The summed E-state index contributed by atoms with van der Waals surface area (Å²) in [6.07, 6.45) is -3.15. The molecule has 8 heteroatoms. The van der Waals surface area contributed by atoms with E-state index in [1.54, 1.807) is 26.0 Å². The summed E-state index contributed by atoms with van der Waals surface area (Å²) >= 11 is 0. The van der Waals surface area contributed by atoms with Crippen LogP contribution < -0.4 is 5.48 Å². The number of halogens is 3. The molecule has 1 aromatic carbocycles. The van der Waals surface area contributed by atoms with Gasteiger partial charge in [-0.3, -0.25) is 4.84 Å². The van der Waals surface area contributed by atoms with Crippen LogP contribution in [0, 0.1) is 0 Å². The Hall–Kier alpha value is -2.61. The molecule has 0 saturated heterocycles. The molecule has 0 fully saturated rings. The molecule has 2 rings (SSSR count). The van der Waals surface area contributed by atoms with Gasteiger partial charge >= 0.3 is 12.1 Å². The van der Waals surface area contributed by atoms with E-state index in [2.05, 4.69) is 10.5 Å². The highest BCUT2D eigenvalue weighted by atomic mass is 19.4. The number of allylic oxidation sites excluding steroid dienone is 3. The molecule has 0 aromatic heterocycles. The van der Waals surface area contributed by atoms with Crippen LogP contribution in [0.3, 0.4) is 0 Å². The normalized spacial score (nSPS) is 15.0. The van der Waals surface area contributed by atoms with Crippen LogP contribution in [0.15, 0.2) is 58.2 Å². The summed E-state index contributed by atoms with van der Waals surface area (Å²) in [6.45, 7) is 3.40. The number of alkyl halides is 3. The van der Waals surface area contributed by atoms with Gasteiger partial charge in [0, 0.05) is 0 Å². The van der Waals surface area contributed by atoms with Crippen LogP contribution in [0.25, 0.3) is 0 Å². The van der Waals surface area contributed by atoms with Crippen molar-refractivity contribution in [2.45, 2.75) is 39.5 Å². The van der Waals surface area contributed by atoms with E-state index >= 15 is 0 Å². The molecule has 146 valence electrons. The van der Waals surface area contributed by atoms with E-state index < -0.39 is 17.8 Å². The van der Waals surface area contributed by atoms with Crippen LogP contribution in [-0.4, -0.2) is 24.6 Å². The molecule has 0 bridgehead atoms. The molecule has 5 nitrogen and oxygen atoms in total. The zero-order valence-electron chi connectivity index (χ0n) is 15.1. The molecule has 0 spiro atoms. The van der Waals surface area contributed by atoms with Crippen LogP contribution in [0.5, 0.6) is 0 Å². The quantitative estimate of drug-likeness (QED) is 0.591. The summed E-state index contributed by atoms with van der Waals surface area (Å²) < 4.78 is 45.2. The first-order chi connectivity index (χ1) is 12.9. The van der Waals surface area contributed by atoms with Crippen molar-refractivity contribution in [2.75, 3.05) is 6.61 Å². The molecular weight excluding hydrogens is 361 g/mol. The summed E-state index contributed by atoms with van der Waals surface area (Å²) in [6, 6.07) is 9.05. The molecule has 1 aliphatic rings. The molecule has 0 unspecified atom stereocenters. The second-order valence-corrected chi connectivity index (χ2v) is 5.68. The van der Waals surface area contributed by atoms with E-state index in [0.29, 0.717) is 0 Å². The molecule has 1 aromatic rings. The standard InChI is InChI=1S/C19H21F3N2O3/c1-3-14-10-11-15(18(25)26-4-2)17(23-16(14)19(20,21)22)24-27-12-13-8-6-5-7-9-13/h5-9,11H,3-4,10,12H2,1-2H3,(H,23,24). The minimum atomic E-state index is -4.64. The van der Waals surface area contributed by atoms with Gasteiger partial charge in [0.1, 0.15) is 11.3 Å². The number of esters is 1. The van der Waals surface area contributed by atoms with Crippen LogP contribution >= 0.6 is 0 Å². The molecule has 1 aliphatic heterocycles. The summed E-state index contributed by atoms with van der Waals surface area (Å²) in [7, 11) is 0. The summed E-state index contributed by atoms with van der Waals surface area (Å²) in [5, 5.41) is 0. The van der Waals surface area contributed by atoms with Gasteiger partial charge in [-0.1, -0.05) is 43.3 Å². The average molecular weight is 382 g/mol. The highest BCUT2D eigenvalue weighted by Crippen LogP contribution is 2.34. The van der Waals surface area contributed by atoms with Crippen molar-refractivity contribution < 1.29 is 27.5 Å². The Balaban J connectivity index is 2.29. The fourth-order valence-corrected chi connectivity index (χ4v) is 2.47. The van der Waals surface area contributed by atoms with Gasteiger partial charge in [0.05, 0.1) is 13.2 Å². The van der Waals surface area contributed by atoms with Crippen molar-refractivity contribution in [2.24, 2.45) is 4.99 Å². The van der Waals surface area contributed by atoms with Crippen LogP contribution in [-0.2, 0) is 21.0 Å². The number of hydroxylamine groups is 1. The van der Waals surface area contributed by atoms with Gasteiger partial charge in [0.15, 0.2) is 5.84 Å². The lowest BCUT2D eigenvalue weighted by Gasteiger charge is -2.14. The lowest BCUT2D eigenvalue weighted by molar-refractivity contribution is -0.138. The molecule has 27 heavy (non-hydrogen) atoms. The summed E-state index contributed by atoms with van der Waals surface area (Å²) in [5.74, 6) is -1.08. The molecule has 1 N–H and O–H groups in total. The van der Waals surface area contributed by atoms with Crippen molar-refractivity contribution in [3.8, 4) is 0 Å². The first-order valence-electron chi connectivity index (χ1n) is 8.54. The summed E-state index contributed by atoms with van der Waals surface area (Å²) in [5.41, 5.74) is 2.18. The van der Waals surface area contributed by atoms with E-state index in [4.69, 9.17) is 9.57 Å². The van der Waals surface area contributed by atoms with E-state index in [-0.39, 0.29) is 43.0 Å². The van der Waals surface area contributed by atoms with E-state index in [1.165, 1.54) is 6.08 Å². The maximum Gasteiger partial charge on any atom is 0.433 e. The number of nitrogens with zero attached hydrogens (tertiary/aromatic N) is 1. The summed E-state index contributed by atoms with van der Waals surface area (Å²) in [4.78, 5) is 21.1. The fraction of sp³-hybridized carbons (Fsp3) is 0.368. The Morgan fingerprint density at radius 1 is 1.22 bits per heavy atom. The molecule has 1 heterocycles. The van der Waals surface area contributed by atoms with Crippen molar-refractivity contribution in [1.82, 2.24) is 5.48 Å². The minimum absolute atomic E-state index is 0.0488. The van der Waals surface area contributed by atoms with Crippen LogP contribution in [0.2, 0.25) is 0 Å². The zero-order chi connectivity index (χ0) is 19.9. The number of amidine groups is 1. The van der Waals surface area contributed by atoms with Gasteiger partial charge in [-0.2, -0.15) is 13.2 Å². The van der Waals surface area contributed by atoms with E-state index in [0.717, 1.165) is 5.56 Å². The van der Waals surface area contributed by atoms with Gasteiger partial charge in [-0.05, 0) is 30.9 Å². The largest absolute Gasteiger partial charge is 0.462 e. The highest BCUT2D eigenvalue weighted by molar-refractivity contribution is 6.19. The van der Waals surface area contributed by atoms with Crippen molar-refractivity contribution >= 4 is 11.8 Å². The predicted octanol–water partition coefficient (Wildman–Crippen LogP) is 4.23. The van der Waals surface area contributed by atoms with Gasteiger partial charge in [-0.15, -0.1) is 0 Å². The fourth-order valence-electron chi connectivity index (χ4n) is 2.47. The number of carbonyl (C=O) groups is 1. The Bertz CT molecular complexity index is 753. The Morgan fingerprint density at radius 3 is 2.52 bits per heavy atom. The number of rotatable bonds is 6. The number of benzene rings is 1. The number of aliphatic imine (C=N–C) groups is 1. The van der Waals surface area contributed by atoms with Crippen molar-refractivity contribution in [1.29, 1.82) is 0 Å². The minimum Gasteiger partial charge on any atom is -0.462 e. The Morgan fingerprint density at radius 2 is 1.93 bits per heavy atom. The van der Waals surface area contributed by atoms with Crippen molar-refractivity contribution in [3.63, 3.8) is 0 Å². The zero-order valence-corrected chi connectivity index (χ0v) is 15.1. The van der Waals surface area contributed by atoms with Gasteiger partial charge in [0.25, 0.3) is 0 Å². The van der Waals surface area contributed by atoms with Crippen molar-refractivity contribution in [3.05, 3.63) is 58.8 Å². The third-order valence-corrected chi connectivity index (χ3v) is 3.81. The van der Waals surface area contributed by atoms with Crippen LogP contribution in [0.4, 0.5) is 13.2 Å². The lowest BCUT2D eigenvalue weighted by atomic mass is 10.1. The molecular formula is C19H21F3N2O3. The van der Waals surface area contributed by atoms with E-state index in [9.17, 15) is 18.0 Å².